The maximum Gasteiger partial charge on any atom is 0.330 e. The zero-order valence-corrected chi connectivity index (χ0v) is 15.8. The average molecular weight is 336 g/mol. The van der Waals surface area contributed by atoms with E-state index in [1.165, 1.54) is 11.0 Å². The van der Waals surface area contributed by atoms with E-state index in [9.17, 15) is 14.4 Å². The van der Waals surface area contributed by atoms with Crippen LogP contribution in [-0.2, 0) is 14.3 Å². The number of esters is 1. The van der Waals surface area contributed by atoms with Crippen LogP contribution in [0.15, 0.2) is 12.2 Å². The molecule has 0 saturated heterocycles. The number of amides is 2. The predicted octanol–water partition coefficient (Wildman–Crippen LogP) is 1.88. The van der Waals surface area contributed by atoms with Gasteiger partial charge in [-0.05, 0) is 18.3 Å². The van der Waals surface area contributed by atoms with Gasteiger partial charge < -0.3 is 15.0 Å². The highest BCUT2D eigenvalue weighted by Gasteiger charge is 2.36. The minimum absolute atomic E-state index is 0.0684. The van der Waals surface area contributed by atoms with Gasteiger partial charge in [-0.1, -0.05) is 40.7 Å². The Morgan fingerprint density at radius 2 is 1.79 bits per heavy atom. The zero-order chi connectivity index (χ0) is 19.1. The Morgan fingerprint density at radius 3 is 2.17 bits per heavy atom. The fourth-order valence-electron chi connectivity index (χ4n) is 2.31. The summed E-state index contributed by atoms with van der Waals surface area (Å²) in [6, 6.07) is -1.08. The molecule has 0 heterocycles. The Morgan fingerprint density at radius 1 is 1.25 bits per heavy atom. The summed E-state index contributed by atoms with van der Waals surface area (Å²) in [6.45, 7) is 11.4. The molecule has 7 heteroatoms. The second-order valence-corrected chi connectivity index (χ2v) is 7.10. The summed E-state index contributed by atoms with van der Waals surface area (Å²) < 4.78 is 4.86. The molecular formula is C17H29BN2O4. The molecule has 0 bridgehead atoms. The van der Waals surface area contributed by atoms with Gasteiger partial charge >= 0.3 is 5.97 Å². The molecule has 0 aliphatic heterocycles. The lowest BCUT2D eigenvalue weighted by Gasteiger charge is -2.37. The maximum absolute atomic E-state index is 12.8. The van der Waals surface area contributed by atoms with E-state index in [4.69, 9.17) is 12.6 Å². The Balaban J connectivity index is 5.38. The number of nitrogens with one attached hydrogen (secondary N) is 1. The number of hydrogen-bond acceptors (Lipinski definition) is 4. The zero-order valence-electron chi connectivity index (χ0n) is 15.8. The Kier molecular flexibility index (Phi) is 8.79. The minimum Gasteiger partial charge on any atom is -0.463 e. The fraction of sp³-hybridized carbons (Fsp3) is 0.706. The molecule has 0 fully saturated rings. The second-order valence-electron chi connectivity index (χ2n) is 7.10. The first-order chi connectivity index (χ1) is 10.9. The van der Waals surface area contributed by atoms with Crippen molar-refractivity contribution < 1.29 is 19.1 Å². The topological polar surface area (TPSA) is 75.7 Å². The van der Waals surface area contributed by atoms with E-state index in [1.54, 1.807) is 20.0 Å². The van der Waals surface area contributed by atoms with E-state index in [0.29, 0.717) is 6.61 Å². The molecular weight excluding hydrogens is 307 g/mol. The SMILES string of the molecule is [B]C(=O)N[C@H](C(=O)N(C)[C@H](C=CC(=O)OCC)C(C)C)C(C)(C)C. The highest BCUT2D eigenvalue weighted by Crippen LogP contribution is 2.23. The van der Waals surface area contributed by atoms with Crippen molar-refractivity contribution in [2.45, 2.75) is 53.6 Å². The van der Waals surface area contributed by atoms with Crippen molar-refractivity contribution in [2.75, 3.05) is 13.7 Å². The predicted molar refractivity (Wildman–Crippen MR) is 94.7 cm³/mol. The average Bonchev–Trinajstić information content (AvgIpc) is 2.42. The van der Waals surface area contributed by atoms with Gasteiger partial charge in [-0.15, -0.1) is 0 Å². The molecule has 134 valence electrons. The Labute approximate surface area is 146 Å². The van der Waals surface area contributed by atoms with Crippen LogP contribution in [0.3, 0.4) is 0 Å². The van der Waals surface area contributed by atoms with Crippen molar-refractivity contribution in [2.24, 2.45) is 11.3 Å². The summed E-state index contributed by atoms with van der Waals surface area (Å²) in [4.78, 5) is 37.1. The van der Waals surface area contributed by atoms with Crippen LogP contribution >= 0.6 is 0 Å². The summed E-state index contributed by atoms with van der Waals surface area (Å²) in [5.41, 5.74) is -0.507. The second kappa shape index (κ2) is 9.50. The molecule has 0 unspecified atom stereocenters. The van der Waals surface area contributed by atoms with Crippen LogP contribution < -0.4 is 5.32 Å². The third-order valence-corrected chi connectivity index (χ3v) is 3.59. The van der Waals surface area contributed by atoms with Crippen LogP contribution in [0.5, 0.6) is 0 Å². The Hall–Kier alpha value is -1.79. The number of rotatable bonds is 7. The van der Waals surface area contributed by atoms with E-state index in [2.05, 4.69) is 5.32 Å². The maximum atomic E-state index is 12.8. The van der Waals surface area contributed by atoms with Crippen LogP contribution in [0.4, 0.5) is 4.79 Å². The molecule has 2 atom stereocenters. The lowest BCUT2D eigenvalue weighted by atomic mass is 9.84. The van der Waals surface area contributed by atoms with Gasteiger partial charge in [0.25, 0.3) is 0 Å². The van der Waals surface area contributed by atoms with Gasteiger partial charge in [0.15, 0.2) is 5.81 Å². The summed E-state index contributed by atoms with van der Waals surface area (Å²) in [5, 5.41) is 2.51. The smallest absolute Gasteiger partial charge is 0.330 e. The molecule has 0 aliphatic rings. The van der Waals surface area contributed by atoms with Gasteiger partial charge in [0, 0.05) is 13.1 Å². The monoisotopic (exact) mass is 336 g/mol. The molecule has 6 nitrogen and oxygen atoms in total. The lowest BCUT2D eigenvalue weighted by molar-refractivity contribution is -0.138. The normalized spacial score (nSPS) is 14.3. The standard InChI is InChI=1S/C17H29BN2O4/c1-8-24-13(21)10-9-12(11(2)3)20(7)15(22)14(17(4,5)6)19-16(18)23/h9-12,14H,8H2,1-7H3,(H,19,23)/t12-,14-/m1/s1. The lowest BCUT2D eigenvalue weighted by Crippen LogP contribution is -2.56. The van der Waals surface area contributed by atoms with Gasteiger partial charge in [-0.2, -0.15) is 0 Å². The number of nitrogens with zero attached hydrogens (tertiary/aromatic N) is 1. The van der Waals surface area contributed by atoms with Crippen molar-refractivity contribution in [3.05, 3.63) is 12.2 Å². The highest BCUT2D eigenvalue weighted by molar-refractivity contribution is 6.57. The van der Waals surface area contributed by atoms with Crippen molar-refractivity contribution >= 4 is 25.5 Å². The van der Waals surface area contributed by atoms with E-state index >= 15 is 0 Å². The first-order valence-electron chi connectivity index (χ1n) is 8.09. The Bertz CT molecular complexity index is 483. The first kappa shape index (κ1) is 22.2. The molecule has 2 amide bonds. The number of hydrogen-bond donors (Lipinski definition) is 1. The van der Waals surface area contributed by atoms with E-state index < -0.39 is 23.2 Å². The highest BCUT2D eigenvalue weighted by atomic mass is 16.5. The van der Waals surface area contributed by atoms with Gasteiger partial charge in [0.2, 0.25) is 13.8 Å². The fourth-order valence-corrected chi connectivity index (χ4v) is 2.31. The number of ether oxygens (including phenoxy) is 1. The third kappa shape index (κ3) is 7.19. The molecule has 0 aromatic rings. The molecule has 2 radical (unpaired) electrons. The van der Waals surface area contributed by atoms with Crippen molar-refractivity contribution in [1.82, 2.24) is 10.2 Å². The van der Waals surface area contributed by atoms with E-state index in [0.717, 1.165) is 0 Å². The van der Waals surface area contributed by atoms with Gasteiger partial charge in [0.05, 0.1) is 12.6 Å². The van der Waals surface area contributed by atoms with Crippen LogP contribution in [0, 0.1) is 11.3 Å². The van der Waals surface area contributed by atoms with Crippen molar-refractivity contribution in [1.29, 1.82) is 0 Å². The first-order valence-corrected chi connectivity index (χ1v) is 8.09. The number of carbonyl (C=O) groups excluding carboxylic acids is 3. The van der Waals surface area contributed by atoms with Crippen LogP contribution in [0.25, 0.3) is 0 Å². The summed E-state index contributed by atoms with van der Waals surface area (Å²) in [7, 11) is 6.84. The molecule has 0 aromatic carbocycles. The van der Waals surface area contributed by atoms with Gasteiger partial charge in [0.1, 0.15) is 6.04 Å². The minimum atomic E-state index is -0.766. The summed E-state index contributed by atoms with van der Waals surface area (Å²) >= 11 is 0. The molecule has 0 aliphatic carbocycles. The number of likely N-dealkylation sites (N-methyl/N-ethyl adjacent to an activating group) is 1. The van der Waals surface area contributed by atoms with Gasteiger partial charge in [-0.3, -0.25) is 9.59 Å². The van der Waals surface area contributed by atoms with Gasteiger partial charge in [-0.25, -0.2) is 4.79 Å². The van der Waals surface area contributed by atoms with Crippen LogP contribution in [-0.4, -0.2) is 56.2 Å². The molecule has 0 aromatic heterocycles. The van der Waals surface area contributed by atoms with Crippen molar-refractivity contribution in [3.63, 3.8) is 0 Å². The third-order valence-electron chi connectivity index (χ3n) is 3.59. The largest absolute Gasteiger partial charge is 0.463 e. The molecule has 24 heavy (non-hydrogen) atoms. The molecule has 0 rings (SSSR count). The van der Waals surface area contributed by atoms with E-state index in [1.807, 2.05) is 34.6 Å². The van der Waals surface area contributed by atoms with E-state index in [-0.39, 0.29) is 17.9 Å². The summed E-state index contributed by atoms with van der Waals surface area (Å²) in [6.07, 6.45) is 2.97. The molecule has 1 N–H and O–H groups in total. The molecule has 0 spiro atoms. The summed E-state index contributed by atoms with van der Waals surface area (Å²) in [5.74, 6) is -1.40. The number of carbonyl (C=O) groups is 3. The quantitative estimate of drug-likeness (QED) is 0.438. The van der Waals surface area contributed by atoms with Crippen LogP contribution in [0.1, 0.15) is 41.5 Å². The van der Waals surface area contributed by atoms with Crippen LogP contribution in [0.2, 0.25) is 0 Å². The molecule has 0 saturated carbocycles. The van der Waals surface area contributed by atoms with Crippen molar-refractivity contribution in [3.8, 4) is 0 Å².